The smallest absolute Gasteiger partial charge is 0.251 e. The Morgan fingerprint density at radius 3 is 2.30 bits per heavy atom. The van der Waals surface area contributed by atoms with Crippen LogP contribution in [0.25, 0.3) is 0 Å². The van der Waals surface area contributed by atoms with E-state index in [1.54, 1.807) is 6.54 Å². The quantitative estimate of drug-likeness (QED) is 0.706. The summed E-state index contributed by atoms with van der Waals surface area (Å²) in [6.45, 7) is 2.42. The zero-order valence-corrected chi connectivity index (χ0v) is 13.7. The minimum atomic E-state index is -0.402. The number of nitrogens with one attached hydrogen (secondary N) is 1. The van der Waals surface area contributed by atoms with Gasteiger partial charge in [0, 0.05) is 12.1 Å². The van der Waals surface area contributed by atoms with Crippen LogP contribution in [0.5, 0.6) is 0 Å². The number of nitrogens with two attached hydrogens (primary N) is 1. The minimum absolute atomic E-state index is 0.0623. The number of hydrogen-bond donors (Lipinski definition) is 3. The highest BCUT2D eigenvalue weighted by molar-refractivity contribution is 5.94. The molecule has 23 heavy (non-hydrogen) atoms. The lowest BCUT2D eigenvalue weighted by Crippen LogP contribution is -2.48. The van der Waals surface area contributed by atoms with E-state index in [1.807, 2.05) is 12.1 Å². The van der Waals surface area contributed by atoms with Gasteiger partial charge in [-0.15, -0.1) is 0 Å². The fourth-order valence-electron chi connectivity index (χ4n) is 4.04. The first-order valence-electron chi connectivity index (χ1n) is 8.73. The van der Waals surface area contributed by atoms with Crippen molar-refractivity contribution >= 4 is 5.91 Å². The first-order valence-corrected chi connectivity index (χ1v) is 8.73. The summed E-state index contributed by atoms with van der Waals surface area (Å²) in [6, 6.07) is 8.05. The van der Waals surface area contributed by atoms with Crippen LogP contribution >= 0.6 is 0 Å². The molecule has 3 fully saturated rings. The van der Waals surface area contributed by atoms with Gasteiger partial charge in [-0.2, -0.15) is 0 Å². The maximum atomic E-state index is 12.1. The second-order valence-corrected chi connectivity index (χ2v) is 7.19. The van der Waals surface area contributed by atoms with Crippen LogP contribution in [-0.4, -0.2) is 23.2 Å². The molecule has 1 aromatic rings. The van der Waals surface area contributed by atoms with E-state index in [2.05, 4.69) is 17.4 Å². The molecule has 1 aromatic carbocycles. The number of aliphatic hydroxyl groups is 1. The van der Waals surface area contributed by atoms with Crippen molar-refractivity contribution in [3.63, 3.8) is 0 Å². The first-order chi connectivity index (χ1) is 11.1. The number of fused-ring (bicyclic) bond motifs is 3. The molecule has 1 radical (unpaired) electrons. The molecule has 0 aliphatic heterocycles. The zero-order chi connectivity index (χ0) is 16.3. The summed E-state index contributed by atoms with van der Waals surface area (Å²) in [6.07, 6.45) is 7.58. The Morgan fingerprint density at radius 2 is 1.74 bits per heavy atom. The molecule has 4 nitrogen and oxygen atoms in total. The second-order valence-electron chi connectivity index (χ2n) is 7.19. The van der Waals surface area contributed by atoms with Gasteiger partial charge in [0.25, 0.3) is 5.91 Å². The predicted octanol–water partition coefficient (Wildman–Crippen LogP) is 2.65. The Balaban J connectivity index is 1.62. The lowest BCUT2D eigenvalue weighted by Gasteiger charge is -2.51. The van der Waals surface area contributed by atoms with Crippen LogP contribution in [0.3, 0.4) is 0 Å². The van der Waals surface area contributed by atoms with Gasteiger partial charge in [0.1, 0.15) is 0 Å². The highest BCUT2D eigenvalue weighted by atomic mass is 16.3. The van der Waals surface area contributed by atoms with Gasteiger partial charge in [0.2, 0.25) is 0 Å². The molecule has 125 valence electrons. The first kappa shape index (κ1) is 16.5. The van der Waals surface area contributed by atoms with Crippen LogP contribution < -0.4 is 11.1 Å². The standard InChI is InChI=1S/C19H27N2O2/c20-13-1-2-14-21-17(22)15-3-5-16(6-4-15)18-7-10-19(23,11-8-18)12-9-18/h3-6,14,23H,1-2,7-13,20H2,(H,21,22). The van der Waals surface area contributed by atoms with Gasteiger partial charge in [-0.25, -0.2) is 0 Å². The van der Waals surface area contributed by atoms with Crippen molar-refractivity contribution < 1.29 is 9.90 Å². The van der Waals surface area contributed by atoms with Crippen molar-refractivity contribution in [3.05, 3.63) is 41.9 Å². The topological polar surface area (TPSA) is 75.3 Å². The molecule has 3 aliphatic rings. The van der Waals surface area contributed by atoms with Crippen LogP contribution in [0.1, 0.15) is 67.3 Å². The molecule has 0 aromatic heterocycles. The average Bonchev–Trinajstić information content (AvgIpc) is 2.60. The molecule has 1 amide bonds. The van der Waals surface area contributed by atoms with Crippen molar-refractivity contribution in [1.29, 1.82) is 0 Å². The number of hydrogen-bond acceptors (Lipinski definition) is 3. The third-order valence-corrected chi connectivity index (χ3v) is 5.75. The van der Waals surface area contributed by atoms with E-state index in [-0.39, 0.29) is 11.3 Å². The third-order valence-electron chi connectivity index (χ3n) is 5.75. The van der Waals surface area contributed by atoms with Gasteiger partial charge in [-0.05, 0) is 81.0 Å². The molecule has 0 unspecified atom stereocenters. The molecule has 0 heterocycles. The Bertz CT molecular complexity index is 528. The van der Waals surface area contributed by atoms with E-state index in [1.165, 1.54) is 5.56 Å². The summed E-state index contributed by atoms with van der Waals surface area (Å²) in [7, 11) is 0. The largest absolute Gasteiger partial charge is 0.390 e. The lowest BCUT2D eigenvalue weighted by atomic mass is 9.56. The molecule has 4 rings (SSSR count). The van der Waals surface area contributed by atoms with E-state index < -0.39 is 5.60 Å². The molecule has 2 bridgehead atoms. The molecule has 0 atom stereocenters. The van der Waals surface area contributed by atoms with Crippen molar-refractivity contribution in [2.75, 3.05) is 6.54 Å². The summed E-state index contributed by atoms with van der Waals surface area (Å²) in [5.74, 6) is -0.0623. The van der Waals surface area contributed by atoms with Gasteiger partial charge in [-0.3, -0.25) is 4.79 Å². The van der Waals surface area contributed by atoms with Crippen LogP contribution in [0.2, 0.25) is 0 Å². The van der Waals surface area contributed by atoms with Gasteiger partial charge in [0.15, 0.2) is 0 Å². The van der Waals surface area contributed by atoms with Crippen molar-refractivity contribution in [1.82, 2.24) is 5.32 Å². The molecule has 3 saturated carbocycles. The fourth-order valence-corrected chi connectivity index (χ4v) is 4.04. The van der Waals surface area contributed by atoms with Crippen LogP contribution in [0.15, 0.2) is 24.3 Å². The van der Waals surface area contributed by atoms with Gasteiger partial charge in [0.05, 0.1) is 5.60 Å². The van der Waals surface area contributed by atoms with E-state index in [9.17, 15) is 9.90 Å². The number of benzene rings is 1. The summed E-state index contributed by atoms with van der Waals surface area (Å²) in [5.41, 5.74) is 7.26. The predicted molar refractivity (Wildman–Crippen MR) is 90.8 cm³/mol. The maximum absolute atomic E-state index is 12.1. The lowest BCUT2D eigenvalue weighted by molar-refractivity contribution is -0.0660. The Kier molecular flexibility index (Phi) is 4.74. The Hall–Kier alpha value is -1.39. The SMILES string of the molecule is NCCC[CH]NC(=O)c1ccc(C23CCC(O)(CC2)CC3)cc1. The number of amides is 1. The number of carbonyl (C=O) groups is 1. The molecular weight excluding hydrogens is 288 g/mol. The molecule has 0 saturated heterocycles. The van der Waals surface area contributed by atoms with E-state index in [0.29, 0.717) is 12.1 Å². The molecule has 4 heteroatoms. The number of unbranched alkanes of at least 4 members (excludes halogenated alkanes) is 1. The van der Waals surface area contributed by atoms with Crippen LogP contribution in [0.4, 0.5) is 0 Å². The van der Waals surface area contributed by atoms with E-state index in [0.717, 1.165) is 51.4 Å². The van der Waals surface area contributed by atoms with Gasteiger partial charge in [-0.1, -0.05) is 12.1 Å². The van der Waals surface area contributed by atoms with Crippen LogP contribution in [-0.2, 0) is 5.41 Å². The molecule has 3 aliphatic carbocycles. The Labute approximate surface area is 138 Å². The normalized spacial score (nSPS) is 29.5. The van der Waals surface area contributed by atoms with Gasteiger partial charge >= 0.3 is 0 Å². The number of carbonyl (C=O) groups excluding carboxylic acids is 1. The molecule has 0 spiro atoms. The monoisotopic (exact) mass is 315 g/mol. The zero-order valence-electron chi connectivity index (χ0n) is 13.7. The van der Waals surface area contributed by atoms with Gasteiger partial charge < -0.3 is 16.2 Å². The maximum Gasteiger partial charge on any atom is 0.251 e. The Morgan fingerprint density at radius 1 is 1.13 bits per heavy atom. The van der Waals surface area contributed by atoms with Crippen molar-refractivity contribution in [2.24, 2.45) is 5.73 Å². The summed E-state index contributed by atoms with van der Waals surface area (Å²) in [4.78, 5) is 12.1. The number of rotatable bonds is 6. The highest BCUT2D eigenvalue weighted by Gasteiger charge is 2.48. The minimum Gasteiger partial charge on any atom is -0.390 e. The summed E-state index contributed by atoms with van der Waals surface area (Å²) >= 11 is 0. The molecular formula is C19H27N2O2. The van der Waals surface area contributed by atoms with Crippen molar-refractivity contribution in [3.8, 4) is 0 Å². The summed E-state index contributed by atoms with van der Waals surface area (Å²) in [5, 5.41) is 13.2. The molecule has 4 N–H and O–H groups in total. The van der Waals surface area contributed by atoms with Crippen molar-refractivity contribution in [2.45, 2.75) is 62.4 Å². The fraction of sp³-hybridized carbons (Fsp3) is 0.579. The highest BCUT2D eigenvalue weighted by Crippen LogP contribution is 2.53. The average molecular weight is 315 g/mol. The summed E-state index contributed by atoms with van der Waals surface area (Å²) < 4.78 is 0. The third kappa shape index (κ3) is 3.43. The van der Waals surface area contributed by atoms with E-state index >= 15 is 0 Å². The van der Waals surface area contributed by atoms with Crippen LogP contribution in [0, 0.1) is 6.54 Å². The second kappa shape index (κ2) is 6.62. The van der Waals surface area contributed by atoms with E-state index in [4.69, 9.17) is 5.73 Å².